The van der Waals surface area contributed by atoms with Crippen LogP contribution in [0.3, 0.4) is 0 Å². The number of carbonyl (C=O) groups excluding carboxylic acids is 2. The molecule has 1 saturated heterocycles. The van der Waals surface area contributed by atoms with E-state index < -0.39 is 0 Å². The Morgan fingerprint density at radius 1 is 1.28 bits per heavy atom. The second-order valence-corrected chi connectivity index (χ2v) is 4.41. The highest BCUT2D eigenvalue weighted by Crippen LogP contribution is 2.55. The fourth-order valence-corrected chi connectivity index (χ4v) is 2.25. The Balaban J connectivity index is 1.84. The van der Waals surface area contributed by atoms with Gasteiger partial charge >= 0.3 is 5.97 Å². The summed E-state index contributed by atoms with van der Waals surface area (Å²) in [7, 11) is 1.35. The van der Waals surface area contributed by atoms with E-state index in [4.69, 9.17) is 4.74 Å². The average Bonchev–Trinajstić information content (AvgIpc) is 3.18. The molecule has 0 radical (unpaired) electrons. The van der Waals surface area contributed by atoms with Crippen molar-refractivity contribution in [1.29, 1.82) is 0 Å². The van der Waals surface area contributed by atoms with E-state index in [9.17, 15) is 9.59 Å². The molecule has 5 nitrogen and oxygen atoms in total. The molecule has 0 bridgehead atoms. The molecule has 0 N–H and O–H groups in total. The first kappa shape index (κ1) is 11.1. The van der Waals surface area contributed by atoms with Crippen molar-refractivity contribution < 1.29 is 19.1 Å². The molecule has 2 heterocycles. The van der Waals surface area contributed by atoms with Crippen LogP contribution in [0.15, 0.2) is 12.1 Å². The number of anilines is 1. The van der Waals surface area contributed by atoms with Gasteiger partial charge in [0.05, 0.1) is 12.8 Å². The first-order chi connectivity index (χ1) is 8.70. The molecule has 2 aliphatic heterocycles. The number of esters is 1. The number of fused-ring (bicyclic) bond motifs is 1. The second kappa shape index (κ2) is 4.01. The summed E-state index contributed by atoms with van der Waals surface area (Å²) in [6.07, 6.45) is 1.15. The lowest BCUT2D eigenvalue weighted by molar-refractivity contribution is -0.119. The van der Waals surface area contributed by atoms with Crippen LogP contribution < -0.4 is 9.64 Å². The Kier molecular flexibility index (Phi) is 2.47. The fourth-order valence-electron chi connectivity index (χ4n) is 2.25. The van der Waals surface area contributed by atoms with E-state index in [1.54, 1.807) is 6.07 Å². The zero-order valence-electron chi connectivity index (χ0n) is 10.1. The van der Waals surface area contributed by atoms with Crippen LogP contribution in [0.2, 0.25) is 0 Å². The van der Waals surface area contributed by atoms with Crippen molar-refractivity contribution in [3.8, 4) is 11.5 Å². The quantitative estimate of drug-likeness (QED) is 0.597. The summed E-state index contributed by atoms with van der Waals surface area (Å²) in [5.74, 6) is 1.27. The third-order valence-electron chi connectivity index (χ3n) is 3.32. The molecule has 18 heavy (non-hydrogen) atoms. The van der Waals surface area contributed by atoms with Crippen molar-refractivity contribution in [3.05, 3.63) is 17.7 Å². The minimum absolute atomic E-state index is 0.305. The number of rotatable bonds is 2. The summed E-state index contributed by atoms with van der Waals surface area (Å²) in [6.45, 7) is 1.43. The van der Waals surface area contributed by atoms with E-state index >= 15 is 0 Å². The third kappa shape index (κ3) is 1.72. The largest absolute Gasteiger partial charge is 0.465 e. The maximum atomic E-state index is 11.4. The molecule has 0 aromatic heterocycles. The van der Waals surface area contributed by atoms with Gasteiger partial charge in [0, 0.05) is 25.9 Å². The number of Topliss-reactive ketones (excluding diaryl/α,β-unsaturated/α-hetero) is 1. The van der Waals surface area contributed by atoms with Gasteiger partial charge in [0.2, 0.25) is 0 Å². The molecular formula is C13H13NO4. The number of nitrogens with zero attached hydrogens (tertiary/aromatic N) is 1. The average molecular weight is 247 g/mol. The van der Waals surface area contributed by atoms with E-state index in [1.807, 2.05) is 6.07 Å². The monoisotopic (exact) mass is 247 g/mol. The molecule has 0 atom stereocenters. The van der Waals surface area contributed by atoms with Crippen LogP contribution in [0, 0.1) is 0 Å². The lowest BCUT2D eigenvalue weighted by atomic mass is 10.1. The van der Waals surface area contributed by atoms with E-state index in [1.165, 1.54) is 7.11 Å². The first-order valence-electron chi connectivity index (χ1n) is 5.90. The molecule has 1 aromatic carbocycles. The molecule has 1 aromatic rings. The Morgan fingerprint density at radius 2 is 2.00 bits per heavy atom. The molecule has 0 aliphatic carbocycles. The van der Waals surface area contributed by atoms with Gasteiger partial charge in [-0.1, -0.05) is 0 Å². The highest BCUT2D eigenvalue weighted by Gasteiger charge is 2.34. The van der Waals surface area contributed by atoms with Gasteiger partial charge in [-0.3, -0.25) is 4.79 Å². The Hall–Kier alpha value is -2.04. The van der Waals surface area contributed by atoms with Gasteiger partial charge in [0.15, 0.2) is 11.5 Å². The lowest BCUT2D eigenvalue weighted by Crippen LogP contribution is -2.33. The van der Waals surface area contributed by atoms with Crippen molar-refractivity contribution in [2.75, 3.05) is 25.1 Å². The van der Waals surface area contributed by atoms with Gasteiger partial charge in [-0.2, -0.15) is 0 Å². The number of piperidine rings is 1. The maximum absolute atomic E-state index is 11.4. The second-order valence-electron chi connectivity index (χ2n) is 4.41. The molecular weight excluding hydrogens is 234 g/mol. The van der Waals surface area contributed by atoms with Gasteiger partial charge in [0.25, 0.3) is 0 Å². The summed E-state index contributed by atoms with van der Waals surface area (Å²) < 4.78 is 10.0. The lowest BCUT2D eigenvalue weighted by Gasteiger charge is -2.27. The smallest absolute Gasteiger partial charge is 0.341 e. The summed E-state index contributed by atoms with van der Waals surface area (Å²) in [4.78, 5) is 24.8. The van der Waals surface area contributed by atoms with Crippen molar-refractivity contribution in [2.24, 2.45) is 0 Å². The summed E-state index contributed by atoms with van der Waals surface area (Å²) in [5.41, 5.74) is 1.43. The van der Waals surface area contributed by atoms with Gasteiger partial charge in [-0.25, -0.2) is 4.79 Å². The Labute approximate surface area is 104 Å². The number of hydrogen-bond acceptors (Lipinski definition) is 5. The van der Waals surface area contributed by atoms with Crippen LogP contribution in [0.25, 0.3) is 0 Å². The Morgan fingerprint density at radius 3 is 2.67 bits per heavy atom. The fraction of sp³-hybridized carbons (Fsp3) is 0.385. The minimum Gasteiger partial charge on any atom is -0.465 e. The van der Waals surface area contributed by atoms with E-state index in [2.05, 4.69) is 9.64 Å². The summed E-state index contributed by atoms with van der Waals surface area (Å²) in [5, 5.41) is 0. The topological polar surface area (TPSA) is 59.1 Å². The standard InChI is InChI=1S/C13H13NO4/c1-17-13(16)9-2-3-10(12-11(9)18-12)14-6-4-8(15)5-7-14/h2-3H,4-7H2,1H3. The van der Waals surface area contributed by atoms with Crippen molar-refractivity contribution in [3.63, 3.8) is 0 Å². The SMILES string of the molecule is COC(=O)c1ccc(N2CCC(=O)CC2)c2c1O2. The molecule has 0 amide bonds. The van der Waals surface area contributed by atoms with Gasteiger partial charge in [0.1, 0.15) is 11.3 Å². The minimum atomic E-state index is -0.385. The van der Waals surface area contributed by atoms with Crippen LogP contribution >= 0.6 is 0 Å². The Bertz CT molecular complexity index is 528. The summed E-state index contributed by atoms with van der Waals surface area (Å²) >= 11 is 0. The highest BCUT2D eigenvalue weighted by atomic mass is 16.6. The van der Waals surface area contributed by atoms with Gasteiger partial charge in [-0.15, -0.1) is 0 Å². The number of ketones is 1. The van der Waals surface area contributed by atoms with Crippen LogP contribution in [0.5, 0.6) is 11.5 Å². The first-order valence-corrected chi connectivity index (χ1v) is 5.90. The number of carbonyl (C=O) groups is 2. The number of hydrogen-bond donors (Lipinski definition) is 0. The van der Waals surface area contributed by atoms with Crippen molar-refractivity contribution in [2.45, 2.75) is 12.8 Å². The van der Waals surface area contributed by atoms with E-state index in [-0.39, 0.29) is 5.97 Å². The van der Waals surface area contributed by atoms with E-state index in [0.717, 1.165) is 11.4 Å². The van der Waals surface area contributed by atoms with Crippen molar-refractivity contribution >= 4 is 17.4 Å². The predicted octanol–water partition coefficient (Wildman–Crippen LogP) is 1.75. The number of methoxy groups -OCH3 is 1. The molecule has 1 fully saturated rings. The zero-order valence-corrected chi connectivity index (χ0v) is 10.1. The van der Waals surface area contributed by atoms with Crippen LogP contribution in [0.1, 0.15) is 23.2 Å². The normalized spacial score (nSPS) is 16.9. The third-order valence-corrected chi connectivity index (χ3v) is 3.32. The maximum Gasteiger partial charge on any atom is 0.341 e. The van der Waals surface area contributed by atoms with Crippen molar-refractivity contribution in [1.82, 2.24) is 0 Å². The molecule has 5 heteroatoms. The van der Waals surface area contributed by atoms with Gasteiger partial charge in [-0.05, 0) is 12.1 Å². The highest BCUT2D eigenvalue weighted by molar-refractivity contribution is 5.98. The molecule has 2 aliphatic rings. The molecule has 94 valence electrons. The number of benzene rings is 1. The van der Waals surface area contributed by atoms with Crippen LogP contribution in [0.4, 0.5) is 5.69 Å². The van der Waals surface area contributed by atoms with Gasteiger partial charge < -0.3 is 14.4 Å². The predicted molar refractivity (Wildman–Crippen MR) is 64.3 cm³/mol. The molecule has 0 spiro atoms. The molecule has 0 saturated carbocycles. The van der Waals surface area contributed by atoms with Crippen LogP contribution in [-0.2, 0) is 9.53 Å². The molecule has 3 rings (SSSR count). The summed E-state index contributed by atoms with van der Waals surface area (Å²) in [6, 6.07) is 3.57. The number of ether oxygens (including phenoxy) is 2. The zero-order chi connectivity index (χ0) is 12.7. The molecule has 0 unspecified atom stereocenters. The van der Waals surface area contributed by atoms with E-state index in [0.29, 0.717) is 43.0 Å². The van der Waals surface area contributed by atoms with Crippen LogP contribution in [-0.4, -0.2) is 32.0 Å².